The molecule has 0 radical (unpaired) electrons. The molecule has 0 saturated carbocycles. The summed E-state index contributed by atoms with van der Waals surface area (Å²) in [5.74, 6) is 1.76. The number of esters is 2. The Hall–Kier alpha value is -12.5. The van der Waals surface area contributed by atoms with Gasteiger partial charge in [-0.15, -0.1) is 46.9 Å². The van der Waals surface area contributed by atoms with Crippen LogP contribution in [0.25, 0.3) is 28.2 Å². The first kappa shape index (κ1) is 123. The third-order valence-electron chi connectivity index (χ3n) is 18.9. The second-order valence-electron chi connectivity index (χ2n) is 33.6. The summed E-state index contributed by atoms with van der Waals surface area (Å²) in [4.78, 5) is 172. The van der Waals surface area contributed by atoms with E-state index in [1.165, 1.54) is 57.2 Å². The normalized spacial score (nSPS) is 14.3. The summed E-state index contributed by atoms with van der Waals surface area (Å²) >= 11 is 10.9. The number of nitrogen functional groups attached to an aromatic ring is 2. The van der Waals surface area contributed by atoms with E-state index in [4.69, 9.17) is 47.1 Å². The molecule has 11 aromatic heterocycles. The average molecular weight is 2080 g/mol. The van der Waals surface area contributed by atoms with Crippen LogP contribution in [0.2, 0.25) is 0 Å². The van der Waals surface area contributed by atoms with Crippen molar-refractivity contribution in [2.45, 2.75) is 250 Å². The lowest BCUT2D eigenvalue weighted by Crippen LogP contribution is -2.51. The first-order chi connectivity index (χ1) is 64.4. The van der Waals surface area contributed by atoms with E-state index in [-0.39, 0.29) is 158 Å². The second-order valence-corrected chi connectivity index (χ2v) is 38.8. The molecule has 0 bridgehead atoms. The topological polar surface area (TPSA) is 546 Å². The highest BCUT2D eigenvalue weighted by Crippen LogP contribution is 2.25. The Bertz CT molecular complexity index is 6100. The number of alkyl halides is 1. The van der Waals surface area contributed by atoms with Gasteiger partial charge in [-0.25, -0.2) is 77.6 Å². The number of piperidine rings is 3. The van der Waals surface area contributed by atoms with Gasteiger partial charge in [-0.05, 0) is 133 Å². The zero-order valence-corrected chi connectivity index (χ0v) is 83.3. The molecule has 141 heavy (non-hydrogen) atoms. The number of aromatic nitrogens is 17. The SMILES string of the molecule is C.C.C.C.C.C=[S+]c1nccnc1N.CC(C)(C)OC(=O)N1CCC[C@H](NC(=O)Cc2cn3ccnc(N)c3n2)C1.CC(C)(C)OC(=O)N1CCC[C@H](NC(=O)Cc2cn3ccnc(S(C)(=O)=O)c3n2)C1.CCOC(=O)CC(=O)CCl.CCOC(=O)Cc1cn2ccnc(SC)c2n1.CSc1nccn2cc(CC(=O)N[C@H]3CCCN(C(=O)OC(C)(C)C)C3)nc12.CSc1nccn2cc(CC(=O)O)nc12. The van der Waals surface area contributed by atoms with Crippen LogP contribution in [0.3, 0.4) is 0 Å². The fourth-order valence-electron chi connectivity index (χ4n) is 13.4. The molecule has 14 heterocycles. The minimum absolute atomic E-state index is 0. The maximum Gasteiger partial charge on any atom is 0.410 e. The zero-order chi connectivity index (χ0) is 99.8. The Morgan fingerprint density at radius 3 is 1.09 bits per heavy atom. The number of ketones is 1. The van der Waals surface area contributed by atoms with Crippen molar-refractivity contribution < 1.29 is 85.2 Å². The third kappa shape index (κ3) is 40.2. The number of nitrogens with zero attached hydrogens (tertiary/aromatic N) is 20. The van der Waals surface area contributed by atoms with Crippen molar-refractivity contribution in [1.82, 2.24) is 112 Å². The van der Waals surface area contributed by atoms with Crippen LogP contribution in [0.4, 0.5) is 26.0 Å². The zero-order valence-electron chi connectivity index (χ0n) is 78.5. The van der Waals surface area contributed by atoms with Crippen LogP contribution in [0.15, 0.2) is 130 Å². The van der Waals surface area contributed by atoms with Crippen molar-refractivity contribution in [3.05, 3.63) is 134 Å². The molecule has 3 aliphatic heterocycles. The summed E-state index contributed by atoms with van der Waals surface area (Å²) in [7, 11) is -3.54. The standard InChI is InChI=1S/C19H27N5O5S.C19H27N5O3S.C18H26N6O3.C11H13N3O2S.C9H9N3O2S.C6H9ClO3.C5H6N3S.5CH4/c1-19(2,3)29-18(26)24-8-5-6-13(11-24)21-15(25)10-14-12-23-9-7-20-17(16(23)22-14)30(4,27)28;1-19(2,3)27-18(26)24-8-5-6-13(11-24)21-15(25)10-14-12-23-9-7-20-17(28-4)16(23)22-14;1-18(2,3)27-17(26)24-7-4-5-12(10-24)21-14(25)9-13-11-23-8-6-20-15(19)16(23)22-13;1-3-16-9(15)6-8-7-14-5-4-12-11(17-2)10(14)13-8;1-15-9-8-11-6(4-7(13)14)5-12(8)3-2-10-9;1-2-10-6(9)3-5(8)4-7;1-9-5-4(6)7-2-3-8-5;;;;;/h7,9,12-13H,5-6,8,10-11H2,1-4H3,(H,21,25);7,9,12-13H,5-6,8,10-11H2,1-4H3,(H,21,25);6,8,11-12H,4-5,7,9-10H2,1-3H3,(H2,19,20)(H,21,25);4-5,7H,3,6H2,1-2H3;2-3,5H,4H2,1H3,(H,13,14);2-4H2,1H3;2-3H,1H2,(H2,6,7);5*1H4/q;;;;;;+1;;;;;/t2*13-;12-;;;;;;;;;/m000........./s1. The number of thioether (sulfide) groups is 3. The molecule has 3 saturated heterocycles. The number of imidazole rings is 5. The van der Waals surface area contributed by atoms with Gasteiger partial charge < -0.3 is 92.9 Å². The summed E-state index contributed by atoms with van der Waals surface area (Å²) in [6.07, 6.45) is 39.6. The maximum absolute atomic E-state index is 12.5. The molecule has 0 unspecified atom stereocenters. The van der Waals surface area contributed by atoms with Crippen LogP contribution in [-0.2, 0) is 111 Å². The van der Waals surface area contributed by atoms with Crippen LogP contribution in [0.1, 0.15) is 187 Å². The number of carbonyl (C=O) groups excluding carboxylic acids is 9. The molecule has 3 atom stereocenters. The van der Waals surface area contributed by atoms with E-state index in [0.717, 1.165) is 71.2 Å². The number of nitrogens with two attached hydrogens (primary N) is 2. The number of ether oxygens (including phenoxy) is 5. The largest absolute Gasteiger partial charge is 0.481 e. The van der Waals surface area contributed by atoms with Gasteiger partial charge in [-0.1, -0.05) is 37.1 Å². The van der Waals surface area contributed by atoms with E-state index in [2.05, 4.69) is 86.4 Å². The predicted molar refractivity (Wildman–Crippen MR) is 547 cm³/mol. The van der Waals surface area contributed by atoms with Gasteiger partial charge in [0.2, 0.25) is 34.9 Å². The van der Waals surface area contributed by atoms with Crippen LogP contribution in [0.5, 0.6) is 0 Å². The van der Waals surface area contributed by atoms with Gasteiger partial charge >= 0.3 is 41.2 Å². The molecule has 3 fully saturated rings. The van der Waals surface area contributed by atoms with Gasteiger partial charge in [-0.2, -0.15) is 4.98 Å². The van der Waals surface area contributed by atoms with Gasteiger partial charge in [0.25, 0.3) is 0 Å². The average Bonchev–Trinajstić information content (AvgIpc) is 1.61. The summed E-state index contributed by atoms with van der Waals surface area (Å²) in [5, 5.41) is 20.6. The van der Waals surface area contributed by atoms with Crippen molar-refractivity contribution in [1.29, 1.82) is 0 Å². The molecule has 0 spiro atoms. The first-order valence-corrected chi connectivity index (χ1v) is 50.1. The number of halogens is 1. The van der Waals surface area contributed by atoms with Gasteiger partial charge in [0.1, 0.15) is 38.3 Å². The van der Waals surface area contributed by atoms with Gasteiger partial charge in [-0.3, -0.25) is 33.6 Å². The second kappa shape index (κ2) is 58.0. The lowest BCUT2D eigenvalue weighted by molar-refractivity contribution is -0.145. The molecular formula is C92H137ClN25O18S5+. The minimum Gasteiger partial charge on any atom is -0.481 e. The Morgan fingerprint density at radius 1 is 0.461 bits per heavy atom. The van der Waals surface area contributed by atoms with Crippen molar-refractivity contribution in [2.24, 2.45) is 0 Å². The number of rotatable bonds is 23. The number of carbonyl (C=O) groups is 10. The van der Waals surface area contributed by atoms with Gasteiger partial charge in [0, 0.05) is 163 Å². The van der Waals surface area contributed by atoms with Crippen molar-refractivity contribution >= 4 is 174 Å². The number of aliphatic carboxylic acids is 1. The Balaban J connectivity index is 0.000000435. The molecule has 14 rings (SSSR count). The van der Waals surface area contributed by atoms with E-state index in [0.29, 0.717) is 109 Å². The maximum atomic E-state index is 12.5. The van der Waals surface area contributed by atoms with Crippen molar-refractivity contribution in [3.8, 4) is 0 Å². The van der Waals surface area contributed by atoms with E-state index in [1.807, 2.05) is 115 Å². The highest BCUT2D eigenvalue weighted by atomic mass is 35.5. The lowest BCUT2D eigenvalue weighted by Gasteiger charge is -2.34. The molecule has 0 aromatic carbocycles. The van der Waals surface area contributed by atoms with E-state index >= 15 is 0 Å². The van der Waals surface area contributed by atoms with E-state index in [1.54, 1.807) is 112 Å². The Labute approximate surface area is 844 Å². The number of amides is 6. The highest BCUT2D eigenvalue weighted by Gasteiger charge is 2.33. The number of carboxylic acid groups (broad SMARTS) is 1. The minimum atomic E-state index is -3.54. The third-order valence-corrected chi connectivity index (χ3v) is 22.8. The Kier molecular flexibility index (Phi) is 50.4. The molecular weight excluding hydrogens is 1940 g/mol. The number of anilines is 2. The number of Topliss-reactive ketones (excluding diaryl/α,β-unsaturated/α-hetero) is 1. The van der Waals surface area contributed by atoms with Crippen LogP contribution < -0.4 is 27.4 Å². The molecule has 11 aromatic rings. The van der Waals surface area contributed by atoms with Crippen molar-refractivity contribution in [2.75, 3.05) is 94.9 Å². The number of nitrogens with one attached hydrogen (secondary N) is 3. The molecule has 0 aliphatic carbocycles. The van der Waals surface area contributed by atoms with E-state index in [9.17, 15) is 56.4 Å². The number of hydrogen-bond donors (Lipinski definition) is 6. The predicted octanol–water partition coefficient (Wildman–Crippen LogP) is 11.6. The Morgan fingerprint density at radius 2 is 0.773 bits per heavy atom. The smallest absolute Gasteiger partial charge is 0.410 e. The molecule has 43 nitrogen and oxygen atoms in total. The molecule has 774 valence electrons. The first-order valence-electron chi connectivity index (χ1n) is 43.0. The number of likely N-dealkylation sites (tertiary alicyclic amines) is 3. The summed E-state index contributed by atoms with van der Waals surface area (Å²) in [6.45, 7) is 23.8. The molecule has 49 heteroatoms. The van der Waals surface area contributed by atoms with E-state index < -0.39 is 38.6 Å². The van der Waals surface area contributed by atoms with Gasteiger partial charge in [0.15, 0.2) is 60.6 Å². The molecule has 8 N–H and O–H groups in total. The van der Waals surface area contributed by atoms with Crippen LogP contribution >= 0.6 is 46.9 Å². The fourth-order valence-corrected chi connectivity index (χ4v) is 16.0. The molecule has 6 amide bonds. The van der Waals surface area contributed by atoms with Crippen LogP contribution in [0, 0.1) is 0 Å². The lowest BCUT2D eigenvalue weighted by atomic mass is 10.1. The number of carboxylic acids is 1. The number of hydrogen-bond acceptors (Lipinski definition) is 34. The van der Waals surface area contributed by atoms with Gasteiger partial charge in [0.05, 0.1) is 85.9 Å². The quantitative estimate of drug-likeness (QED) is 0.00659. The summed E-state index contributed by atoms with van der Waals surface area (Å²) in [5.41, 5.74) is 15.5. The summed E-state index contributed by atoms with van der Waals surface area (Å²) in [6, 6.07) is -0.346. The van der Waals surface area contributed by atoms with Crippen LogP contribution in [-0.4, -0.2) is 294 Å². The van der Waals surface area contributed by atoms with Crippen molar-refractivity contribution in [3.63, 3.8) is 0 Å². The summed E-state index contributed by atoms with van der Waals surface area (Å²) < 4.78 is 58.2. The number of sulfone groups is 1. The molecule has 3 aliphatic rings. The fraction of sp³-hybridized carbons (Fsp3) is 0.511. The highest BCUT2D eigenvalue weighted by molar-refractivity contribution is 7.99. The number of fused-ring (bicyclic) bond motifs is 5. The monoisotopic (exact) mass is 2070 g/mol.